The zero-order chi connectivity index (χ0) is 20.2. The Morgan fingerprint density at radius 2 is 1.90 bits per heavy atom. The summed E-state index contributed by atoms with van der Waals surface area (Å²) in [6.07, 6.45) is 8.51. The molecule has 1 amide bonds. The molecule has 2 aromatic heterocycles. The van der Waals surface area contributed by atoms with Crippen molar-refractivity contribution in [2.75, 3.05) is 19.7 Å². The van der Waals surface area contributed by atoms with Gasteiger partial charge in [0.25, 0.3) is 0 Å². The van der Waals surface area contributed by atoms with Gasteiger partial charge in [-0.15, -0.1) is 0 Å². The molecule has 3 heterocycles. The van der Waals surface area contributed by atoms with Gasteiger partial charge in [-0.2, -0.15) is 0 Å². The molecule has 0 radical (unpaired) electrons. The zero-order valence-electron chi connectivity index (χ0n) is 16.3. The summed E-state index contributed by atoms with van der Waals surface area (Å²) in [7, 11) is 0. The van der Waals surface area contributed by atoms with Crippen molar-refractivity contribution >= 4 is 16.7 Å². The van der Waals surface area contributed by atoms with Crippen molar-refractivity contribution in [1.29, 1.82) is 0 Å². The number of aromatic nitrogens is 1. The van der Waals surface area contributed by atoms with Crippen LogP contribution in [-0.2, 0) is 11.3 Å². The molecule has 4 rings (SSSR count). The second-order valence-corrected chi connectivity index (χ2v) is 7.42. The Hall–Kier alpha value is -3.28. The van der Waals surface area contributed by atoms with E-state index in [0.29, 0.717) is 37.9 Å². The molecule has 1 saturated heterocycles. The number of benzene rings is 1. The number of amides is 1. The average Bonchev–Trinajstić information content (AvgIpc) is 3.15. The van der Waals surface area contributed by atoms with Gasteiger partial charge in [0, 0.05) is 31.5 Å². The first kappa shape index (κ1) is 19.1. The van der Waals surface area contributed by atoms with Crippen molar-refractivity contribution in [2.45, 2.75) is 19.4 Å². The summed E-state index contributed by atoms with van der Waals surface area (Å²) in [5, 5.41) is 2.30. The lowest BCUT2D eigenvalue weighted by Gasteiger charge is -2.31. The molecule has 1 aromatic carbocycles. The lowest BCUT2D eigenvalue weighted by atomic mass is 9.98. The first-order chi connectivity index (χ1) is 14.1. The first-order valence-corrected chi connectivity index (χ1v) is 9.83. The Bertz CT molecular complexity index is 1040. The topological polar surface area (TPSA) is 64.7 Å². The highest BCUT2D eigenvalue weighted by atomic mass is 16.5. The van der Waals surface area contributed by atoms with Crippen LogP contribution in [0.4, 0.5) is 0 Å². The van der Waals surface area contributed by atoms with Crippen LogP contribution >= 0.6 is 0 Å². The Labute approximate surface area is 169 Å². The van der Waals surface area contributed by atoms with Gasteiger partial charge in [-0.1, -0.05) is 30.8 Å². The molecule has 3 aromatic rings. The highest BCUT2D eigenvalue weighted by molar-refractivity contribution is 5.87. The number of nitrogens with zero attached hydrogens (tertiary/aromatic N) is 2. The van der Waals surface area contributed by atoms with Gasteiger partial charge in [-0.25, -0.2) is 0 Å². The standard InChI is InChI=1S/C23H24N2O4/c1-2-23(27)25-9-7-17(8-10-25)15-29-22-16-28-20(11-21(22)26)14-24-12-18-5-3-4-6-19(18)13-24/h2-6,11-13,16-17H,1,7-10,14-15H2. The summed E-state index contributed by atoms with van der Waals surface area (Å²) in [5.74, 6) is 1.10. The maximum Gasteiger partial charge on any atom is 0.245 e. The fourth-order valence-corrected chi connectivity index (χ4v) is 3.70. The monoisotopic (exact) mass is 392 g/mol. The van der Waals surface area contributed by atoms with Crippen LogP contribution in [0.25, 0.3) is 10.8 Å². The SMILES string of the molecule is C=CC(=O)N1CCC(COc2coc(Cn3cc4ccccc4c3)cc2=O)CC1. The molecular formula is C23H24N2O4. The number of carbonyl (C=O) groups excluding carboxylic acids is 1. The maximum absolute atomic E-state index is 12.4. The van der Waals surface area contributed by atoms with Crippen LogP contribution in [0.5, 0.6) is 5.75 Å². The minimum Gasteiger partial charge on any atom is -0.486 e. The molecule has 1 fully saturated rings. The number of hydrogen-bond acceptors (Lipinski definition) is 4. The van der Waals surface area contributed by atoms with Crippen molar-refractivity contribution in [3.8, 4) is 5.75 Å². The molecule has 0 saturated carbocycles. The van der Waals surface area contributed by atoms with Crippen LogP contribution in [0, 0.1) is 5.92 Å². The summed E-state index contributed by atoms with van der Waals surface area (Å²) in [5.41, 5.74) is -0.178. The Kier molecular flexibility index (Phi) is 5.51. The normalized spacial score (nSPS) is 14.8. The average molecular weight is 392 g/mol. The molecule has 1 aliphatic rings. The molecule has 0 bridgehead atoms. The minimum atomic E-state index is -0.178. The van der Waals surface area contributed by atoms with E-state index in [0.717, 1.165) is 23.6 Å². The van der Waals surface area contributed by atoms with E-state index < -0.39 is 0 Å². The van der Waals surface area contributed by atoms with Crippen LogP contribution in [0.1, 0.15) is 18.6 Å². The number of rotatable bonds is 6. The number of hydrogen-bond donors (Lipinski definition) is 0. The van der Waals surface area contributed by atoms with Crippen molar-refractivity contribution in [2.24, 2.45) is 5.92 Å². The molecule has 6 nitrogen and oxygen atoms in total. The molecule has 150 valence electrons. The third kappa shape index (κ3) is 4.42. The van der Waals surface area contributed by atoms with E-state index in [1.807, 2.05) is 29.1 Å². The number of carbonyl (C=O) groups is 1. The van der Waals surface area contributed by atoms with Gasteiger partial charge in [0.05, 0.1) is 13.2 Å². The largest absolute Gasteiger partial charge is 0.486 e. The Morgan fingerprint density at radius 3 is 2.52 bits per heavy atom. The Balaban J connectivity index is 1.33. The van der Waals surface area contributed by atoms with Crippen LogP contribution < -0.4 is 10.2 Å². The summed E-state index contributed by atoms with van der Waals surface area (Å²) in [4.78, 5) is 25.8. The van der Waals surface area contributed by atoms with Gasteiger partial charge in [-0.05, 0) is 35.6 Å². The summed E-state index contributed by atoms with van der Waals surface area (Å²) >= 11 is 0. The summed E-state index contributed by atoms with van der Waals surface area (Å²) < 4.78 is 13.3. The molecule has 1 aliphatic heterocycles. The third-order valence-electron chi connectivity index (χ3n) is 5.37. The quantitative estimate of drug-likeness (QED) is 0.603. The van der Waals surface area contributed by atoms with E-state index in [1.165, 1.54) is 18.4 Å². The minimum absolute atomic E-state index is 0.0313. The van der Waals surface area contributed by atoms with E-state index in [2.05, 4.69) is 18.7 Å². The molecule has 0 atom stereocenters. The number of piperidine rings is 1. The number of ether oxygens (including phenoxy) is 1. The molecule has 6 heteroatoms. The molecule has 0 spiro atoms. The third-order valence-corrected chi connectivity index (χ3v) is 5.37. The Morgan fingerprint density at radius 1 is 1.21 bits per heavy atom. The van der Waals surface area contributed by atoms with Crippen molar-refractivity contribution < 1.29 is 13.9 Å². The highest BCUT2D eigenvalue weighted by Crippen LogP contribution is 2.19. The molecule has 29 heavy (non-hydrogen) atoms. The van der Waals surface area contributed by atoms with Gasteiger partial charge in [0.1, 0.15) is 12.0 Å². The fourth-order valence-electron chi connectivity index (χ4n) is 3.70. The summed E-state index contributed by atoms with van der Waals surface area (Å²) in [6.45, 7) is 5.84. The molecule has 0 aliphatic carbocycles. The van der Waals surface area contributed by atoms with E-state index in [9.17, 15) is 9.59 Å². The molecule has 0 N–H and O–H groups in total. The van der Waals surface area contributed by atoms with Crippen LogP contribution in [0.2, 0.25) is 0 Å². The molecule has 0 unspecified atom stereocenters. The van der Waals surface area contributed by atoms with Gasteiger partial charge >= 0.3 is 0 Å². The van der Waals surface area contributed by atoms with Crippen molar-refractivity contribution in [3.05, 3.63) is 77.6 Å². The lowest BCUT2D eigenvalue weighted by molar-refractivity contribution is -0.127. The van der Waals surface area contributed by atoms with E-state index in [-0.39, 0.29) is 17.1 Å². The van der Waals surface area contributed by atoms with Crippen LogP contribution in [0.15, 0.2) is 70.9 Å². The highest BCUT2D eigenvalue weighted by Gasteiger charge is 2.22. The van der Waals surface area contributed by atoms with Crippen molar-refractivity contribution in [3.63, 3.8) is 0 Å². The van der Waals surface area contributed by atoms with Crippen LogP contribution in [-0.4, -0.2) is 35.1 Å². The number of fused-ring (bicyclic) bond motifs is 1. The summed E-state index contributed by atoms with van der Waals surface area (Å²) in [6, 6.07) is 9.60. The van der Waals surface area contributed by atoms with E-state index in [4.69, 9.17) is 9.15 Å². The first-order valence-electron chi connectivity index (χ1n) is 9.83. The van der Waals surface area contributed by atoms with Crippen molar-refractivity contribution in [1.82, 2.24) is 9.47 Å². The fraction of sp³-hybridized carbons (Fsp3) is 0.304. The predicted octanol–water partition coefficient (Wildman–Crippen LogP) is 3.45. The smallest absolute Gasteiger partial charge is 0.245 e. The van der Waals surface area contributed by atoms with Gasteiger partial charge in [-0.3, -0.25) is 9.59 Å². The van der Waals surface area contributed by atoms with Gasteiger partial charge < -0.3 is 18.6 Å². The second kappa shape index (κ2) is 8.39. The predicted molar refractivity (Wildman–Crippen MR) is 111 cm³/mol. The lowest BCUT2D eigenvalue weighted by Crippen LogP contribution is -2.38. The zero-order valence-corrected chi connectivity index (χ0v) is 16.3. The van der Waals surface area contributed by atoms with E-state index in [1.54, 1.807) is 4.90 Å². The maximum atomic E-state index is 12.4. The van der Waals surface area contributed by atoms with E-state index >= 15 is 0 Å². The van der Waals surface area contributed by atoms with Crippen LogP contribution in [0.3, 0.4) is 0 Å². The number of likely N-dealkylation sites (tertiary alicyclic amines) is 1. The van der Waals surface area contributed by atoms with Gasteiger partial charge in [0.15, 0.2) is 0 Å². The second-order valence-electron chi connectivity index (χ2n) is 7.42. The molecular weight excluding hydrogens is 368 g/mol. The van der Waals surface area contributed by atoms with Gasteiger partial charge in [0.2, 0.25) is 17.1 Å².